The summed E-state index contributed by atoms with van der Waals surface area (Å²) in [4.78, 5) is 11.7. The second-order valence-corrected chi connectivity index (χ2v) is 4.47. The molecule has 0 unspecified atom stereocenters. The number of amides is 1. The molecule has 4 nitrogen and oxygen atoms in total. The summed E-state index contributed by atoms with van der Waals surface area (Å²) >= 11 is 5.92. The second-order valence-electron chi connectivity index (χ2n) is 4.07. The predicted molar refractivity (Wildman–Crippen MR) is 67.6 cm³/mol. The number of rotatable bonds is 3. The minimum absolute atomic E-state index is 0.0351. The van der Waals surface area contributed by atoms with Crippen molar-refractivity contribution >= 4 is 23.2 Å². The smallest absolute Gasteiger partial charge is 0.241 e. The van der Waals surface area contributed by atoms with Gasteiger partial charge in [-0.05, 0) is 24.1 Å². The lowest BCUT2D eigenvalue weighted by Gasteiger charge is -2.16. The lowest BCUT2D eigenvalue weighted by atomic mass is 10.0. The molecule has 1 amide bonds. The number of nitrogens with two attached hydrogens (primary N) is 1. The molecule has 1 rings (SSSR count). The molecular weight excluding hydrogens is 238 g/mol. The first kappa shape index (κ1) is 13.5. The number of benzene rings is 1. The van der Waals surface area contributed by atoms with Crippen LogP contribution in [0.1, 0.15) is 19.4 Å². The van der Waals surface area contributed by atoms with Crippen molar-refractivity contribution in [1.82, 2.24) is 0 Å². The van der Waals surface area contributed by atoms with Gasteiger partial charge in [-0.1, -0.05) is 25.4 Å². The Morgan fingerprint density at radius 2 is 2.18 bits per heavy atom. The van der Waals surface area contributed by atoms with E-state index in [1.165, 1.54) is 6.07 Å². The molecule has 0 saturated heterocycles. The van der Waals surface area contributed by atoms with Gasteiger partial charge in [0.25, 0.3) is 0 Å². The van der Waals surface area contributed by atoms with Crippen molar-refractivity contribution in [3.63, 3.8) is 0 Å². The minimum Gasteiger partial charge on any atom is -0.323 e. The third kappa shape index (κ3) is 3.45. The van der Waals surface area contributed by atoms with Gasteiger partial charge in [-0.15, -0.1) is 0 Å². The van der Waals surface area contributed by atoms with Crippen LogP contribution in [0, 0.1) is 17.2 Å². The van der Waals surface area contributed by atoms with Crippen molar-refractivity contribution in [2.75, 3.05) is 5.32 Å². The maximum absolute atomic E-state index is 11.7. The van der Waals surface area contributed by atoms with E-state index in [9.17, 15) is 4.79 Å². The van der Waals surface area contributed by atoms with Crippen LogP contribution >= 0.6 is 11.6 Å². The van der Waals surface area contributed by atoms with Crippen LogP contribution in [0.2, 0.25) is 5.02 Å². The van der Waals surface area contributed by atoms with Crippen LogP contribution < -0.4 is 11.1 Å². The number of anilines is 1. The van der Waals surface area contributed by atoms with Crippen LogP contribution in [0.25, 0.3) is 0 Å². The summed E-state index contributed by atoms with van der Waals surface area (Å²) in [6.45, 7) is 3.72. The van der Waals surface area contributed by atoms with Gasteiger partial charge in [0.1, 0.15) is 0 Å². The fraction of sp³-hybridized carbons (Fsp3) is 0.333. The third-order valence-corrected chi connectivity index (χ3v) is 2.70. The number of hydrogen-bond donors (Lipinski definition) is 2. The Labute approximate surface area is 105 Å². The number of nitrogens with zero attached hydrogens (tertiary/aromatic N) is 1. The molecule has 0 bridgehead atoms. The predicted octanol–water partition coefficient (Wildman–Crippen LogP) is 2.13. The molecule has 0 aliphatic carbocycles. The van der Waals surface area contributed by atoms with E-state index >= 15 is 0 Å². The molecule has 1 aromatic rings. The van der Waals surface area contributed by atoms with Gasteiger partial charge in [0, 0.05) is 0 Å². The third-order valence-electron chi connectivity index (χ3n) is 2.37. The van der Waals surface area contributed by atoms with Crippen LogP contribution in [-0.4, -0.2) is 11.9 Å². The molecule has 5 heteroatoms. The second kappa shape index (κ2) is 5.67. The Hall–Kier alpha value is -1.57. The van der Waals surface area contributed by atoms with Gasteiger partial charge < -0.3 is 11.1 Å². The van der Waals surface area contributed by atoms with E-state index in [0.717, 1.165) is 0 Å². The van der Waals surface area contributed by atoms with Crippen molar-refractivity contribution in [3.8, 4) is 6.07 Å². The Morgan fingerprint density at radius 1 is 1.53 bits per heavy atom. The number of nitrogens with one attached hydrogen (secondary N) is 1. The summed E-state index contributed by atoms with van der Waals surface area (Å²) in [7, 11) is 0. The van der Waals surface area contributed by atoms with E-state index < -0.39 is 6.04 Å². The van der Waals surface area contributed by atoms with Crippen LogP contribution in [0.3, 0.4) is 0 Å². The average Bonchev–Trinajstić information content (AvgIpc) is 2.30. The highest BCUT2D eigenvalue weighted by atomic mass is 35.5. The zero-order valence-corrected chi connectivity index (χ0v) is 10.5. The molecule has 0 aliphatic rings. The molecule has 3 N–H and O–H groups in total. The quantitative estimate of drug-likeness (QED) is 0.864. The van der Waals surface area contributed by atoms with Gasteiger partial charge in [0.05, 0.1) is 28.4 Å². The van der Waals surface area contributed by atoms with Crippen molar-refractivity contribution in [1.29, 1.82) is 5.26 Å². The van der Waals surface area contributed by atoms with Gasteiger partial charge in [-0.25, -0.2) is 0 Å². The number of hydrogen-bond acceptors (Lipinski definition) is 3. The van der Waals surface area contributed by atoms with E-state index in [0.29, 0.717) is 16.3 Å². The number of carbonyl (C=O) groups is 1. The first-order chi connectivity index (χ1) is 7.95. The molecule has 0 aromatic heterocycles. The highest BCUT2D eigenvalue weighted by Gasteiger charge is 2.18. The van der Waals surface area contributed by atoms with E-state index in [4.69, 9.17) is 22.6 Å². The Morgan fingerprint density at radius 3 is 2.71 bits per heavy atom. The summed E-state index contributed by atoms with van der Waals surface area (Å²) in [5, 5.41) is 11.8. The number of nitriles is 1. The first-order valence-electron chi connectivity index (χ1n) is 5.21. The molecular formula is C12H14ClN3O. The molecule has 0 saturated carbocycles. The van der Waals surface area contributed by atoms with Crippen LogP contribution in [0.4, 0.5) is 5.69 Å². The number of halogens is 1. The highest BCUT2D eigenvalue weighted by molar-refractivity contribution is 6.33. The molecule has 1 aromatic carbocycles. The maximum Gasteiger partial charge on any atom is 0.241 e. The lowest BCUT2D eigenvalue weighted by molar-refractivity contribution is -0.118. The molecule has 0 aliphatic heterocycles. The molecule has 0 spiro atoms. The molecule has 90 valence electrons. The summed E-state index contributed by atoms with van der Waals surface area (Å²) in [5.41, 5.74) is 6.55. The summed E-state index contributed by atoms with van der Waals surface area (Å²) in [6.07, 6.45) is 0. The summed E-state index contributed by atoms with van der Waals surface area (Å²) < 4.78 is 0. The van der Waals surface area contributed by atoms with Gasteiger partial charge >= 0.3 is 0 Å². The average molecular weight is 252 g/mol. The van der Waals surface area contributed by atoms with E-state index in [1.807, 2.05) is 19.9 Å². The standard InChI is InChI=1S/C12H14ClN3O/c1-7(2)11(15)12(17)16-10-5-8(6-14)3-4-9(10)13/h3-5,7,11H,15H2,1-2H3,(H,16,17)/t11-/m0/s1. The largest absolute Gasteiger partial charge is 0.323 e. The molecule has 0 radical (unpaired) electrons. The fourth-order valence-corrected chi connectivity index (χ4v) is 1.37. The maximum atomic E-state index is 11.7. The zero-order valence-electron chi connectivity index (χ0n) is 9.70. The molecule has 1 atom stereocenters. The zero-order chi connectivity index (χ0) is 13.0. The van der Waals surface area contributed by atoms with E-state index in [-0.39, 0.29) is 11.8 Å². The van der Waals surface area contributed by atoms with Crippen LogP contribution in [0.5, 0.6) is 0 Å². The summed E-state index contributed by atoms with van der Waals surface area (Å²) in [6, 6.07) is 6.05. The molecule has 0 fully saturated rings. The summed E-state index contributed by atoms with van der Waals surface area (Å²) in [5.74, 6) is -0.273. The fourth-order valence-electron chi connectivity index (χ4n) is 1.21. The molecule has 17 heavy (non-hydrogen) atoms. The SMILES string of the molecule is CC(C)[C@H](N)C(=O)Nc1cc(C#N)ccc1Cl. The Bertz CT molecular complexity index is 465. The van der Waals surface area contributed by atoms with Crippen molar-refractivity contribution in [3.05, 3.63) is 28.8 Å². The Balaban J connectivity index is 2.88. The van der Waals surface area contributed by atoms with Gasteiger partial charge in [-0.3, -0.25) is 4.79 Å². The molecule has 0 heterocycles. The van der Waals surface area contributed by atoms with E-state index in [2.05, 4.69) is 5.32 Å². The topological polar surface area (TPSA) is 78.9 Å². The van der Waals surface area contributed by atoms with Crippen LogP contribution in [-0.2, 0) is 4.79 Å². The van der Waals surface area contributed by atoms with Crippen LogP contribution in [0.15, 0.2) is 18.2 Å². The van der Waals surface area contributed by atoms with Crippen molar-refractivity contribution in [2.45, 2.75) is 19.9 Å². The Kier molecular flexibility index (Phi) is 4.50. The first-order valence-corrected chi connectivity index (χ1v) is 5.59. The normalized spacial score (nSPS) is 12.0. The van der Waals surface area contributed by atoms with Crippen molar-refractivity contribution < 1.29 is 4.79 Å². The monoisotopic (exact) mass is 251 g/mol. The van der Waals surface area contributed by atoms with Gasteiger partial charge in [0.2, 0.25) is 5.91 Å². The highest BCUT2D eigenvalue weighted by Crippen LogP contribution is 2.23. The minimum atomic E-state index is -0.600. The van der Waals surface area contributed by atoms with Gasteiger partial charge in [-0.2, -0.15) is 5.26 Å². The van der Waals surface area contributed by atoms with Crippen molar-refractivity contribution in [2.24, 2.45) is 11.7 Å². The number of carbonyl (C=O) groups excluding carboxylic acids is 1. The lowest BCUT2D eigenvalue weighted by Crippen LogP contribution is -2.39. The van der Waals surface area contributed by atoms with Gasteiger partial charge in [0.15, 0.2) is 0 Å². The van der Waals surface area contributed by atoms with E-state index in [1.54, 1.807) is 12.1 Å².